The SMILES string of the molecule is CCCCCCCOCCOCCOCCOc1ccc(C=O)cc1. The Labute approximate surface area is 151 Å². The van der Waals surface area contributed by atoms with E-state index < -0.39 is 0 Å². The smallest absolute Gasteiger partial charge is 0.150 e. The Morgan fingerprint density at radius 3 is 1.88 bits per heavy atom. The maximum atomic E-state index is 10.5. The molecule has 0 fully saturated rings. The molecule has 0 unspecified atom stereocenters. The Hall–Kier alpha value is -1.43. The molecule has 0 heterocycles. The molecule has 142 valence electrons. The molecular weight excluding hydrogens is 320 g/mol. The molecule has 1 rings (SSSR count). The van der Waals surface area contributed by atoms with Crippen LogP contribution in [0.4, 0.5) is 0 Å². The molecule has 0 aromatic heterocycles. The van der Waals surface area contributed by atoms with Gasteiger partial charge in [-0.05, 0) is 30.7 Å². The minimum absolute atomic E-state index is 0.474. The van der Waals surface area contributed by atoms with Crippen molar-refractivity contribution in [3.8, 4) is 5.75 Å². The highest BCUT2D eigenvalue weighted by Gasteiger charge is 1.96. The third-order valence-corrected chi connectivity index (χ3v) is 3.65. The fourth-order valence-electron chi connectivity index (χ4n) is 2.21. The van der Waals surface area contributed by atoms with Crippen molar-refractivity contribution in [1.29, 1.82) is 0 Å². The quantitative estimate of drug-likeness (QED) is 0.314. The summed E-state index contributed by atoms with van der Waals surface area (Å²) in [6, 6.07) is 7.00. The molecule has 0 radical (unpaired) electrons. The number of unbranched alkanes of at least 4 members (excludes halogenated alkanes) is 4. The Balaban J connectivity index is 1.79. The number of benzene rings is 1. The van der Waals surface area contributed by atoms with Crippen LogP contribution in [0.5, 0.6) is 5.75 Å². The van der Waals surface area contributed by atoms with Crippen LogP contribution >= 0.6 is 0 Å². The number of carbonyl (C=O) groups is 1. The van der Waals surface area contributed by atoms with Gasteiger partial charge in [-0.2, -0.15) is 0 Å². The van der Waals surface area contributed by atoms with Gasteiger partial charge in [0.05, 0.1) is 33.0 Å². The van der Waals surface area contributed by atoms with Gasteiger partial charge in [-0.25, -0.2) is 0 Å². The highest BCUT2D eigenvalue weighted by Crippen LogP contribution is 2.10. The highest BCUT2D eigenvalue weighted by molar-refractivity contribution is 5.74. The summed E-state index contributed by atoms with van der Waals surface area (Å²) < 4.78 is 21.9. The third-order valence-electron chi connectivity index (χ3n) is 3.65. The normalized spacial score (nSPS) is 10.8. The van der Waals surface area contributed by atoms with Crippen LogP contribution in [0, 0.1) is 0 Å². The molecule has 0 aliphatic heterocycles. The predicted molar refractivity (Wildman–Crippen MR) is 98.5 cm³/mol. The van der Waals surface area contributed by atoms with Crippen LogP contribution in [0.1, 0.15) is 49.4 Å². The molecule has 25 heavy (non-hydrogen) atoms. The molecule has 0 aliphatic rings. The van der Waals surface area contributed by atoms with Crippen molar-refractivity contribution in [3.63, 3.8) is 0 Å². The minimum atomic E-state index is 0.474. The summed E-state index contributed by atoms with van der Waals surface area (Å²) in [6.07, 6.45) is 7.11. The van der Waals surface area contributed by atoms with E-state index in [0.29, 0.717) is 45.2 Å². The summed E-state index contributed by atoms with van der Waals surface area (Å²) in [5, 5.41) is 0. The third kappa shape index (κ3) is 12.6. The lowest BCUT2D eigenvalue weighted by Gasteiger charge is -2.08. The topological polar surface area (TPSA) is 54.0 Å². The van der Waals surface area contributed by atoms with Gasteiger partial charge in [0, 0.05) is 12.2 Å². The van der Waals surface area contributed by atoms with Gasteiger partial charge in [0.2, 0.25) is 0 Å². The number of aldehydes is 1. The lowest BCUT2D eigenvalue weighted by Crippen LogP contribution is -2.13. The van der Waals surface area contributed by atoms with Crippen molar-refractivity contribution in [1.82, 2.24) is 0 Å². The second kappa shape index (κ2) is 16.1. The minimum Gasteiger partial charge on any atom is -0.491 e. The molecular formula is C20H32O5. The van der Waals surface area contributed by atoms with Crippen LogP contribution in [-0.2, 0) is 14.2 Å². The van der Waals surface area contributed by atoms with E-state index in [1.54, 1.807) is 24.3 Å². The van der Waals surface area contributed by atoms with Gasteiger partial charge in [-0.1, -0.05) is 32.6 Å². The summed E-state index contributed by atoms with van der Waals surface area (Å²) in [6.45, 7) is 6.40. The zero-order valence-corrected chi connectivity index (χ0v) is 15.4. The van der Waals surface area contributed by atoms with E-state index in [1.165, 1.54) is 25.7 Å². The Morgan fingerprint density at radius 1 is 0.720 bits per heavy atom. The molecule has 5 nitrogen and oxygen atoms in total. The average Bonchev–Trinajstić information content (AvgIpc) is 2.65. The van der Waals surface area contributed by atoms with Crippen LogP contribution < -0.4 is 4.74 Å². The van der Waals surface area contributed by atoms with E-state index in [4.69, 9.17) is 18.9 Å². The molecule has 0 aliphatic carbocycles. The van der Waals surface area contributed by atoms with Crippen LogP contribution in [0.25, 0.3) is 0 Å². The van der Waals surface area contributed by atoms with Crippen molar-refractivity contribution in [2.45, 2.75) is 39.0 Å². The summed E-state index contributed by atoms with van der Waals surface area (Å²) >= 11 is 0. The van der Waals surface area contributed by atoms with Gasteiger partial charge in [-0.3, -0.25) is 4.79 Å². The van der Waals surface area contributed by atoms with E-state index in [-0.39, 0.29) is 0 Å². The van der Waals surface area contributed by atoms with E-state index in [2.05, 4.69) is 6.92 Å². The van der Waals surface area contributed by atoms with E-state index in [0.717, 1.165) is 25.1 Å². The Bertz CT molecular complexity index is 419. The number of ether oxygens (including phenoxy) is 4. The number of hydrogen-bond donors (Lipinski definition) is 0. The second-order valence-electron chi connectivity index (χ2n) is 5.79. The van der Waals surface area contributed by atoms with Gasteiger partial charge in [-0.15, -0.1) is 0 Å². The molecule has 0 saturated carbocycles. The van der Waals surface area contributed by atoms with Crippen molar-refractivity contribution >= 4 is 6.29 Å². The first-order valence-corrected chi connectivity index (χ1v) is 9.28. The highest BCUT2D eigenvalue weighted by atomic mass is 16.6. The first-order valence-electron chi connectivity index (χ1n) is 9.28. The lowest BCUT2D eigenvalue weighted by molar-refractivity contribution is 0.00878. The van der Waals surface area contributed by atoms with Gasteiger partial charge >= 0.3 is 0 Å². The van der Waals surface area contributed by atoms with Crippen LogP contribution in [0.2, 0.25) is 0 Å². The van der Waals surface area contributed by atoms with Crippen molar-refractivity contribution < 1.29 is 23.7 Å². The summed E-state index contributed by atoms with van der Waals surface area (Å²) in [7, 11) is 0. The molecule has 1 aromatic rings. The molecule has 1 aromatic carbocycles. The number of carbonyl (C=O) groups excluding carboxylic acids is 1. The molecule has 0 saturated heterocycles. The Kier molecular flexibility index (Phi) is 13.9. The fourth-order valence-corrected chi connectivity index (χ4v) is 2.21. The molecule has 0 atom stereocenters. The lowest BCUT2D eigenvalue weighted by atomic mass is 10.2. The summed E-state index contributed by atoms with van der Waals surface area (Å²) in [4.78, 5) is 10.5. The standard InChI is InChI=1S/C20H32O5/c1-2-3-4-5-6-11-22-12-13-23-14-15-24-16-17-25-20-9-7-19(18-21)8-10-20/h7-10,18H,2-6,11-17H2,1H3. The van der Waals surface area contributed by atoms with Crippen LogP contribution in [0.3, 0.4) is 0 Å². The summed E-state index contributed by atoms with van der Waals surface area (Å²) in [5.41, 5.74) is 0.640. The maximum absolute atomic E-state index is 10.5. The molecule has 0 spiro atoms. The fraction of sp³-hybridized carbons (Fsp3) is 0.650. The van der Waals surface area contributed by atoms with Crippen molar-refractivity contribution in [2.24, 2.45) is 0 Å². The monoisotopic (exact) mass is 352 g/mol. The molecule has 5 heteroatoms. The van der Waals surface area contributed by atoms with Gasteiger partial charge in [0.1, 0.15) is 18.6 Å². The van der Waals surface area contributed by atoms with E-state index in [1.807, 2.05) is 0 Å². The number of rotatable bonds is 17. The second-order valence-corrected chi connectivity index (χ2v) is 5.79. The molecule has 0 amide bonds. The van der Waals surface area contributed by atoms with Crippen LogP contribution in [0.15, 0.2) is 24.3 Å². The number of hydrogen-bond acceptors (Lipinski definition) is 5. The molecule has 0 bridgehead atoms. The largest absolute Gasteiger partial charge is 0.491 e. The maximum Gasteiger partial charge on any atom is 0.150 e. The van der Waals surface area contributed by atoms with Gasteiger partial charge in [0.15, 0.2) is 0 Å². The van der Waals surface area contributed by atoms with E-state index in [9.17, 15) is 4.79 Å². The molecule has 0 N–H and O–H groups in total. The zero-order chi connectivity index (χ0) is 18.0. The van der Waals surface area contributed by atoms with Gasteiger partial charge < -0.3 is 18.9 Å². The van der Waals surface area contributed by atoms with Crippen LogP contribution in [-0.4, -0.2) is 52.5 Å². The zero-order valence-electron chi connectivity index (χ0n) is 15.4. The predicted octanol–water partition coefficient (Wildman–Crippen LogP) is 3.90. The first-order chi connectivity index (χ1) is 12.4. The average molecular weight is 352 g/mol. The van der Waals surface area contributed by atoms with Gasteiger partial charge in [0.25, 0.3) is 0 Å². The Morgan fingerprint density at radius 2 is 1.28 bits per heavy atom. The first kappa shape index (κ1) is 21.6. The van der Waals surface area contributed by atoms with Crippen molar-refractivity contribution in [3.05, 3.63) is 29.8 Å². The summed E-state index contributed by atoms with van der Waals surface area (Å²) in [5.74, 6) is 0.734. The van der Waals surface area contributed by atoms with Crippen molar-refractivity contribution in [2.75, 3.05) is 46.2 Å². The van der Waals surface area contributed by atoms with E-state index >= 15 is 0 Å².